The van der Waals surface area contributed by atoms with Crippen molar-refractivity contribution in [2.24, 2.45) is 5.73 Å². The van der Waals surface area contributed by atoms with E-state index in [4.69, 9.17) is 22.1 Å². The largest absolute Gasteiger partial charge is 0.437 e. The molecule has 1 aromatic heterocycles. The highest BCUT2D eigenvalue weighted by molar-refractivity contribution is 6.32. The number of benzene rings is 2. The Morgan fingerprint density at radius 2 is 1.90 bits per heavy atom. The predicted octanol–water partition coefficient (Wildman–Crippen LogP) is 4.14. The Kier molecular flexibility index (Phi) is 3.54. The zero-order chi connectivity index (χ0) is 13.9. The number of para-hydroxylation sites is 1. The van der Waals surface area contributed by atoms with Crippen LogP contribution in [-0.2, 0) is 6.54 Å². The molecule has 3 rings (SSSR count). The van der Waals surface area contributed by atoms with E-state index < -0.39 is 0 Å². The van der Waals surface area contributed by atoms with Gasteiger partial charge in [0.15, 0.2) is 0 Å². The third-order valence-electron chi connectivity index (χ3n) is 3.02. The first-order valence-corrected chi connectivity index (χ1v) is 6.66. The maximum atomic E-state index is 6.17. The predicted molar refractivity (Wildman–Crippen MR) is 81.2 cm³/mol. The van der Waals surface area contributed by atoms with E-state index in [1.807, 2.05) is 42.5 Å². The molecule has 3 aromatic rings. The SMILES string of the molecule is NCc1ccc(Oc2ccc3ccccc3n2)c(Cl)c1. The number of nitrogens with zero attached hydrogens (tertiary/aromatic N) is 1. The third kappa shape index (κ3) is 2.59. The molecule has 0 radical (unpaired) electrons. The smallest absolute Gasteiger partial charge is 0.219 e. The zero-order valence-corrected chi connectivity index (χ0v) is 11.5. The van der Waals surface area contributed by atoms with Crippen molar-refractivity contribution in [3.8, 4) is 11.6 Å². The van der Waals surface area contributed by atoms with Crippen molar-refractivity contribution < 1.29 is 4.74 Å². The average molecular weight is 285 g/mol. The molecule has 0 amide bonds. The molecule has 0 aliphatic carbocycles. The molecule has 2 aromatic carbocycles. The summed E-state index contributed by atoms with van der Waals surface area (Å²) in [7, 11) is 0. The number of fused-ring (bicyclic) bond motifs is 1. The molecule has 0 bridgehead atoms. The van der Waals surface area contributed by atoms with Crippen LogP contribution in [0.1, 0.15) is 5.56 Å². The Hall–Kier alpha value is -2.10. The molecular weight excluding hydrogens is 272 g/mol. The van der Waals surface area contributed by atoms with Crippen LogP contribution in [-0.4, -0.2) is 4.98 Å². The molecule has 3 nitrogen and oxygen atoms in total. The van der Waals surface area contributed by atoms with Gasteiger partial charge in [0.1, 0.15) is 5.75 Å². The van der Waals surface area contributed by atoms with E-state index in [9.17, 15) is 0 Å². The van der Waals surface area contributed by atoms with Gasteiger partial charge < -0.3 is 10.5 Å². The van der Waals surface area contributed by atoms with Crippen molar-refractivity contribution in [2.45, 2.75) is 6.54 Å². The monoisotopic (exact) mass is 284 g/mol. The fraction of sp³-hybridized carbons (Fsp3) is 0.0625. The van der Waals surface area contributed by atoms with E-state index in [0.29, 0.717) is 23.2 Å². The summed E-state index contributed by atoms with van der Waals surface area (Å²) in [5.74, 6) is 1.10. The molecule has 0 atom stereocenters. The summed E-state index contributed by atoms with van der Waals surface area (Å²) in [6.45, 7) is 0.453. The van der Waals surface area contributed by atoms with Crippen LogP contribution in [0.25, 0.3) is 10.9 Å². The van der Waals surface area contributed by atoms with Crippen molar-refractivity contribution in [3.05, 3.63) is 65.2 Å². The average Bonchev–Trinajstić information content (AvgIpc) is 2.49. The lowest BCUT2D eigenvalue weighted by molar-refractivity contribution is 0.465. The van der Waals surface area contributed by atoms with Gasteiger partial charge in [-0.3, -0.25) is 0 Å². The topological polar surface area (TPSA) is 48.1 Å². The minimum Gasteiger partial charge on any atom is -0.437 e. The Labute approximate surface area is 122 Å². The highest BCUT2D eigenvalue weighted by Gasteiger charge is 2.05. The number of hydrogen-bond donors (Lipinski definition) is 1. The maximum absolute atomic E-state index is 6.17. The molecule has 100 valence electrons. The van der Waals surface area contributed by atoms with Crippen LogP contribution in [0.15, 0.2) is 54.6 Å². The van der Waals surface area contributed by atoms with E-state index in [2.05, 4.69) is 4.98 Å². The quantitative estimate of drug-likeness (QED) is 0.786. The molecule has 1 heterocycles. The molecule has 0 aliphatic rings. The zero-order valence-electron chi connectivity index (χ0n) is 10.7. The van der Waals surface area contributed by atoms with Crippen molar-refractivity contribution in [2.75, 3.05) is 0 Å². The van der Waals surface area contributed by atoms with Crippen LogP contribution in [0.5, 0.6) is 11.6 Å². The Balaban J connectivity index is 1.92. The minimum atomic E-state index is 0.453. The lowest BCUT2D eigenvalue weighted by Crippen LogP contribution is -1.96. The Bertz CT molecular complexity index is 758. The normalized spacial score (nSPS) is 10.7. The van der Waals surface area contributed by atoms with Gasteiger partial charge in [-0.05, 0) is 29.8 Å². The molecule has 0 saturated heterocycles. The van der Waals surface area contributed by atoms with Gasteiger partial charge in [-0.1, -0.05) is 35.9 Å². The summed E-state index contributed by atoms with van der Waals surface area (Å²) in [4.78, 5) is 4.45. The summed E-state index contributed by atoms with van der Waals surface area (Å²) in [6.07, 6.45) is 0. The van der Waals surface area contributed by atoms with E-state index >= 15 is 0 Å². The second kappa shape index (κ2) is 5.49. The summed E-state index contributed by atoms with van der Waals surface area (Å²) < 4.78 is 5.73. The third-order valence-corrected chi connectivity index (χ3v) is 3.31. The second-order valence-electron chi connectivity index (χ2n) is 4.41. The first-order valence-electron chi connectivity index (χ1n) is 6.28. The minimum absolute atomic E-state index is 0.453. The van der Waals surface area contributed by atoms with Crippen LogP contribution < -0.4 is 10.5 Å². The van der Waals surface area contributed by atoms with Gasteiger partial charge in [-0.15, -0.1) is 0 Å². The van der Waals surface area contributed by atoms with Crippen molar-refractivity contribution in [1.82, 2.24) is 4.98 Å². The fourth-order valence-corrected chi connectivity index (χ4v) is 2.21. The Morgan fingerprint density at radius 1 is 1.05 bits per heavy atom. The highest BCUT2D eigenvalue weighted by atomic mass is 35.5. The molecule has 2 N–H and O–H groups in total. The highest BCUT2D eigenvalue weighted by Crippen LogP contribution is 2.30. The number of rotatable bonds is 3. The number of nitrogens with two attached hydrogens (primary N) is 1. The van der Waals surface area contributed by atoms with E-state index in [0.717, 1.165) is 16.5 Å². The van der Waals surface area contributed by atoms with E-state index in [1.165, 1.54) is 0 Å². The molecule has 20 heavy (non-hydrogen) atoms. The van der Waals surface area contributed by atoms with Gasteiger partial charge >= 0.3 is 0 Å². The lowest BCUT2D eigenvalue weighted by atomic mass is 10.2. The number of hydrogen-bond acceptors (Lipinski definition) is 3. The number of aromatic nitrogens is 1. The summed E-state index contributed by atoms with van der Waals surface area (Å²) in [6, 6.07) is 17.2. The lowest BCUT2D eigenvalue weighted by Gasteiger charge is -2.08. The molecule has 0 aliphatic heterocycles. The van der Waals surface area contributed by atoms with Gasteiger partial charge in [0.25, 0.3) is 0 Å². The first-order chi connectivity index (χ1) is 9.76. The van der Waals surface area contributed by atoms with Crippen LogP contribution >= 0.6 is 11.6 Å². The van der Waals surface area contributed by atoms with E-state index in [-0.39, 0.29) is 0 Å². The molecule has 0 spiro atoms. The van der Waals surface area contributed by atoms with E-state index in [1.54, 1.807) is 12.1 Å². The standard InChI is InChI=1S/C16H13ClN2O/c17-13-9-11(10-18)5-7-15(13)20-16-8-6-12-3-1-2-4-14(12)19-16/h1-9H,10,18H2. The van der Waals surface area contributed by atoms with Gasteiger partial charge in [-0.25, -0.2) is 4.98 Å². The molecule has 4 heteroatoms. The number of pyridine rings is 1. The van der Waals surface area contributed by atoms with Crippen LogP contribution in [0, 0.1) is 0 Å². The summed E-state index contributed by atoms with van der Waals surface area (Å²) in [5.41, 5.74) is 7.43. The molecule has 0 unspecified atom stereocenters. The number of ether oxygens (including phenoxy) is 1. The molecule has 0 saturated carbocycles. The van der Waals surface area contributed by atoms with Crippen LogP contribution in [0.2, 0.25) is 5.02 Å². The van der Waals surface area contributed by atoms with Crippen molar-refractivity contribution in [1.29, 1.82) is 0 Å². The number of halogens is 1. The van der Waals surface area contributed by atoms with Crippen molar-refractivity contribution in [3.63, 3.8) is 0 Å². The summed E-state index contributed by atoms with van der Waals surface area (Å²) in [5, 5.41) is 1.60. The first kappa shape index (κ1) is 12.9. The van der Waals surface area contributed by atoms with Crippen LogP contribution in [0.4, 0.5) is 0 Å². The maximum Gasteiger partial charge on any atom is 0.219 e. The van der Waals surface area contributed by atoms with Gasteiger partial charge in [0, 0.05) is 18.0 Å². The van der Waals surface area contributed by atoms with Gasteiger partial charge in [0.05, 0.1) is 10.5 Å². The Morgan fingerprint density at radius 3 is 2.70 bits per heavy atom. The van der Waals surface area contributed by atoms with Gasteiger partial charge in [-0.2, -0.15) is 0 Å². The van der Waals surface area contributed by atoms with Crippen LogP contribution in [0.3, 0.4) is 0 Å². The second-order valence-corrected chi connectivity index (χ2v) is 4.82. The van der Waals surface area contributed by atoms with Gasteiger partial charge in [0.2, 0.25) is 5.88 Å². The molecule has 0 fully saturated rings. The molecular formula is C16H13ClN2O. The summed E-state index contributed by atoms with van der Waals surface area (Å²) >= 11 is 6.17. The fourth-order valence-electron chi connectivity index (χ4n) is 1.97. The van der Waals surface area contributed by atoms with Crippen molar-refractivity contribution >= 4 is 22.5 Å².